The molecule has 1 amide bonds. The van der Waals surface area contributed by atoms with E-state index in [1.165, 1.54) is 12.0 Å². The van der Waals surface area contributed by atoms with Crippen LogP contribution < -0.4 is 0 Å². The van der Waals surface area contributed by atoms with E-state index in [0.717, 1.165) is 11.1 Å². The summed E-state index contributed by atoms with van der Waals surface area (Å²) < 4.78 is 23.3. The molecule has 0 radical (unpaired) electrons. The standard InChI is InChI=1S/C23H27NO6/c1-23(26)15-24(22(25)29-13-16-9-5-3-6-10-16)18-14-28-21(17-11-7-4-8-12-17)30-19(18)20(23)27-2/h3-12,18-21,26H,13-15H2,1-2H3/t18-,19-,20+,21-,23-/m1/s1. The van der Waals surface area contributed by atoms with E-state index in [9.17, 15) is 9.90 Å². The maximum absolute atomic E-state index is 12.9. The third-order valence-electron chi connectivity index (χ3n) is 5.65. The molecule has 2 heterocycles. The largest absolute Gasteiger partial charge is 0.445 e. The summed E-state index contributed by atoms with van der Waals surface area (Å²) in [5, 5.41) is 11.0. The van der Waals surface area contributed by atoms with Crippen LogP contribution in [0.1, 0.15) is 24.3 Å². The molecule has 0 bridgehead atoms. The van der Waals surface area contributed by atoms with Crippen molar-refractivity contribution in [2.45, 2.75) is 43.7 Å². The van der Waals surface area contributed by atoms with Crippen LogP contribution in [0.25, 0.3) is 0 Å². The first-order chi connectivity index (χ1) is 14.5. The van der Waals surface area contributed by atoms with E-state index in [2.05, 4.69) is 0 Å². The van der Waals surface area contributed by atoms with Crippen molar-refractivity contribution >= 4 is 6.09 Å². The maximum Gasteiger partial charge on any atom is 0.410 e. The normalized spacial score (nSPS) is 31.1. The number of likely N-dealkylation sites (tertiary alicyclic amines) is 1. The second-order valence-electron chi connectivity index (χ2n) is 7.93. The van der Waals surface area contributed by atoms with Crippen LogP contribution in [0.2, 0.25) is 0 Å². The Morgan fingerprint density at radius 3 is 2.50 bits per heavy atom. The van der Waals surface area contributed by atoms with Crippen LogP contribution in [0, 0.1) is 0 Å². The summed E-state index contributed by atoms with van der Waals surface area (Å²) in [5.74, 6) is 0. The molecular formula is C23H27NO6. The number of benzene rings is 2. The lowest BCUT2D eigenvalue weighted by atomic mass is 9.84. The monoisotopic (exact) mass is 413 g/mol. The van der Waals surface area contributed by atoms with Gasteiger partial charge in [0.2, 0.25) is 0 Å². The van der Waals surface area contributed by atoms with Crippen molar-refractivity contribution in [3.05, 3.63) is 71.8 Å². The number of carbonyl (C=O) groups excluding carboxylic acids is 1. The van der Waals surface area contributed by atoms with Gasteiger partial charge in [0.25, 0.3) is 0 Å². The van der Waals surface area contributed by atoms with Gasteiger partial charge in [-0.05, 0) is 12.5 Å². The number of rotatable bonds is 4. The van der Waals surface area contributed by atoms with Crippen molar-refractivity contribution in [1.82, 2.24) is 4.90 Å². The molecule has 7 heteroatoms. The first-order valence-electron chi connectivity index (χ1n) is 10.0. The molecule has 0 aromatic heterocycles. The topological polar surface area (TPSA) is 77.5 Å². The SMILES string of the molecule is CO[C@H]1[C@@H]2O[C@H](c3ccccc3)OC[C@H]2N(C(=O)OCc2ccccc2)C[C@@]1(C)O. The lowest BCUT2D eigenvalue weighted by Crippen LogP contribution is -2.71. The van der Waals surface area contributed by atoms with Gasteiger partial charge in [-0.3, -0.25) is 4.90 Å². The summed E-state index contributed by atoms with van der Waals surface area (Å²) in [6.07, 6.45) is -2.30. The van der Waals surface area contributed by atoms with Gasteiger partial charge in [0.15, 0.2) is 6.29 Å². The molecule has 2 aromatic carbocycles. The molecule has 0 spiro atoms. The fourth-order valence-electron chi connectivity index (χ4n) is 4.18. The molecule has 2 saturated heterocycles. The van der Waals surface area contributed by atoms with Crippen LogP contribution in [0.3, 0.4) is 0 Å². The van der Waals surface area contributed by atoms with E-state index >= 15 is 0 Å². The van der Waals surface area contributed by atoms with Crippen LogP contribution in [0.4, 0.5) is 4.79 Å². The first-order valence-corrected chi connectivity index (χ1v) is 10.0. The Hall–Kier alpha value is -2.45. The molecule has 2 aliphatic heterocycles. The molecule has 5 atom stereocenters. The van der Waals surface area contributed by atoms with Crippen molar-refractivity contribution in [2.24, 2.45) is 0 Å². The molecule has 2 fully saturated rings. The zero-order valence-corrected chi connectivity index (χ0v) is 17.1. The zero-order valence-electron chi connectivity index (χ0n) is 17.1. The Labute approximate surface area is 176 Å². The Morgan fingerprint density at radius 2 is 1.83 bits per heavy atom. The zero-order chi connectivity index (χ0) is 21.1. The van der Waals surface area contributed by atoms with Crippen molar-refractivity contribution < 1.29 is 28.8 Å². The highest BCUT2D eigenvalue weighted by Crippen LogP contribution is 2.38. The molecule has 0 aliphatic carbocycles. The number of ether oxygens (including phenoxy) is 4. The third kappa shape index (κ3) is 4.20. The van der Waals surface area contributed by atoms with Gasteiger partial charge < -0.3 is 24.1 Å². The van der Waals surface area contributed by atoms with Crippen LogP contribution >= 0.6 is 0 Å². The van der Waals surface area contributed by atoms with Gasteiger partial charge in [0.1, 0.15) is 24.4 Å². The Balaban J connectivity index is 1.52. The van der Waals surface area contributed by atoms with Gasteiger partial charge in [-0.2, -0.15) is 0 Å². The number of fused-ring (bicyclic) bond motifs is 1. The summed E-state index contributed by atoms with van der Waals surface area (Å²) in [5.41, 5.74) is 0.454. The van der Waals surface area contributed by atoms with Crippen LogP contribution in [0.5, 0.6) is 0 Å². The summed E-state index contributed by atoms with van der Waals surface area (Å²) in [6.45, 7) is 2.10. The van der Waals surface area contributed by atoms with Crippen molar-refractivity contribution in [2.75, 3.05) is 20.3 Å². The van der Waals surface area contributed by atoms with Gasteiger partial charge in [-0.1, -0.05) is 60.7 Å². The fraction of sp³-hybridized carbons (Fsp3) is 0.435. The third-order valence-corrected chi connectivity index (χ3v) is 5.65. The average molecular weight is 413 g/mol. The van der Waals surface area contributed by atoms with E-state index in [0.29, 0.717) is 0 Å². The van der Waals surface area contributed by atoms with Crippen LogP contribution in [-0.4, -0.2) is 60.2 Å². The highest BCUT2D eigenvalue weighted by molar-refractivity contribution is 5.68. The first kappa shape index (κ1) is 20.8. The molecule has 1 N–H and O–H groups in total. The summed E-state index contributed by atoms with van der Waals surface area (Å²) >= 11 is 0. The molecule has 30 heavy (non-hydrogen) atoms. The highest BCUT2D eigenvalue weighted by atomic mass is 16.7. The molecule has 2 aliphatic rings. The van der Waals surface area contributed by atoms with Crippen molar-refractivity contribution in [3.63, 3.8) is 0 Å². The fourth-order valence-corrected chi connectivity index (χ4v) is 4.18. The van der Waals surface area contributed by atoms with E-state index < -0.39 is 36.2 Å². The minimum atomic E-state index is -1.31. The highest BCUT2D eigenvalue weighted by Gasteiger charge is 2.55. The van der Waals surface area contributed by atoms with Crippen molar-refractivity contribution in [3.8, 4) is 0 Å². The summed E-state index contributed by atoms with van der Waals surface area (Å²) in [7, 11) is 1.54. The summed E-state index contributed by atoms with van der Waals surface area (Å²) in [6, 6.07) is 18.6. The number of β-amino-alcohol motifs (C(OH)–C–C–N with tert-alkyl or cyclic N) is 1. The number of amides is 1. The smallest absolute Gasteiger partial charge is 0.410 e. The minimum Gasteiger partial charge on any atom is -0.445 e. The lowest BCUT2D eigenvalue weighted by molar-refractivity contribution is -0.300. The predicted molar refractivity (Wildman–Crippen MR) is 109 cm³/mol. The molecule has 4 rings (SSSR count). The molecule has 0 unspecified atom stereocenters. The minimum absolute atomic E-state index is 0.0586. The second-order valence-corrected chi connectivity index (χ2v) is 7.93. The van der Waals surface area contributed by atoms with Gasteiger partial charge in [0, 0.05) is 12.7 Å². The molecule has 160 valence electrons. The van der Waals surface area contributed by atoms with Gasteiger partial charge in [-0.25, -0.2) is 4.79 Å². The van der Waals surface area contributed by atoms with Gasteiger partial charge in [0.05, 0.1) is 19.2 Å². The summed E-state index contributed by atoms with van der Waals surface area (Å²) in [4.78, 5) is 14.4. The van der Waals surface area contributed by atoms with Crippen molar-refractivity contribution in [1.29, 1.82) is 0 Å². The quantitative estimate of drug-likeness (QED) is 0.831. The molecule has 7 nitrogen and oxygen atoms in total. The molecule has 2 aromatic rings. The molecule has 0 saturated carbocycles. The predicted octanol–water partition coefficient (Wildman–Crippen LogP) is 2.89. The van der Waals surface area contributed by atoms with Crippen LogP contribution in [0.15, 0.2) is 60.7 Å². The number of piperidine rings is 1. The van der Waals surface area contributed by atoms with E-state index in [-0.39, 0.29) is 19.8 Å². The Morgan fingerprint density at radius 1 is 1.17 bits per heavy atom. The van der Waals surface area contributed by atoms with E-state index in [1.54, 1.807) is 6.92 Å². The molecular weight excluding hydrogens is 386 g/mol. The Kier molecular flexibility index (Phi) is 6.06. The number of hydrogen-bond donors (Lipinski definition) is 1. The number of nitrogens with zero attached hydrogens (tertiary/aromatic N) is 1. The van der Waals surface area contributed by atoms with E-state index in [4.69, 9.17) is 18.9 Å². The second kappa shape index (κ2) is 8.73. The average Bonchev–Trinajstić information content (AvgIpc) is 2.77. The van der Waals surface area contributed by atoms with Gasteiger partial charge in [-0.15, -0.1) is 0 Å². The van der Waals surface area contributed by atoms with E-state index in [1.807, 2.05) is 60.7 Å². The van der Waals surface area contributed by atoms with Crippen LogP contribution in [-0.2, 0) is 25.6 Å². The number of carbonyl (C=O) groups is 1. The number of methoxy groups -OCH3 is 1. The number of hydrogen-bond acceptors (Lipinski definition) is 6. The maximum atomic E-state index is 12.9. The Bertz CT molecular complexity index is 843. The van der Waals surface area contributed by atoms with Gasteiger partial charge >= 0.3 is 6.09 Å². The number of aliphatic hydroxyl groups is 1. The lowest BCUT2D eigenvalue weighted by Gasteiger charge is -2.53.